The van der Waals surface area contributed by atoms with Crippen molar-refractivity contribution in [3.05, 3.63) is 12.2 Å². The SMILES string of the molecule is O=C(O)CCC/C=C\CC1C(O)CC(O)C1C#CC(O)CCC1CCCCC1. The average molecular weight is 393 g/mol. The highest BCUT2D eigenvalue weighted by Crippen LogP contribution is 2.35. The Balaban J connectivity index is 1.79. The van der Waals surface area contributed by atoms with Crippen molar-refractivity contribution in [2.75, 3.05) is 0 Å². The van der Waals surface area contributed by atoms with E-state index < -0.39 is 24.3 Å². The van der Waals surface area contributed by atoms with Crippen LogP contribution in [0.25, 0.3) is 0 Å². The molecule has 0 heterocycles. The van der Waals surface area contributed by atoms with Gasteiger partial charge < -0.3 is 20.4 Å². The molecule has 5 atom stereocenters. The first-order chi connectivity index (χ1) is 13.5. The summed E-state index contributed by atoms with van der Waals surface area (Å²) in [4.78, 5) is 10.5. The molecular weight excluding hydrogens is 356 g/mol. The summed E-state index contributed by atoms with van der Waals surface area (Å²) >= 11 is 0. The molecule has 2 saturated carbocycles. The van der Waals surface area contributed by atoms with Crippen molar-refractivity contribution in [2.24, 2.45) is 17.8 Å². The number of rotatable bonds is 9. The summed E-state index contributed by atoms with van der Waals surface area (Å²) < 4.78 is 0. The van der Waals surface area contributed by atoms with Crippen molar-refractivity contribution < 1.29 is 25.2 Å². The van der Waals surface area contributed by atoms with E-state index in [1.54, 1.807) is 0 Å². The molecule has 5 nitrogen and oxygen atoms in total. The largest absolute Gasteiger partial charge is 0.481 e. The Kier molecular flexibility index (Phi) is 10.0. The van der Waals surface area contributed by atoms with E-state index in [4.69, 9.17) is 5.11 Å². The quantitative estimate of drug-likeness (QED) is 0.274. The minimum absolute atomic E-state index is 0.149. The maximum Gasteiger partial charge on any atom is 0.303 e. The molecule has 5 unspecified atom stereocenters. The Morgan fingerprint density at radius 3 is 2.57 bits per heavy atom. The lowest BCUT2D eigenvalue weighted by atomic mass is 9.85. The van der Waals surface area contributed by atoms with Gasteiger partial charge in [-0.05, 0) is 38.0 Å². The number of carboxylic acid groups (broad SMARTS) is 1. The first kappa shape index (κ1) is 22.9. The second-order valence-electron chi connectivity index (χ2n) is 8.44. The number of aliphatic hydroxyl groups excluding tert-OH is 3. The van der Waals surface area contributed by atoms with Gasteiger partial charge in [0, 0.05) is 18.8 Å². The van der Waals surface area contributed by atoms with E-state index in [1.165, 1.54) is 32.1 Å². The number of hydrogen-bond donors (Lipinski definition) is 4. The number of aliphatic carboxylic acids is 1. The van der Waals surface area contributed by atoms with E-state index in [0.717, 1.165) is 6.42 Å². The molecule has 2 rings (SSSR count). The van der Waals surface area contributed by atoms with Gasteiger partial charge in [0.25, 0.3) is 0 Å². The lowest BCUT2D eigenvalue weighted by Crippen LogP contribution is -2.21. The van der Waals surface area contributed by atoms with E-state index in [2.05, 4.69) is 11.8 Å². The van der Waals surface area contributed by atoms with Crippen molar-refractivity contribution >= 4 is 5.97 Å². The van der Waals surface area contributed by atoms with Gasteiger partial charge in [-0.15, -0.1) is 0 Å². The summed E-state index contributed by atoms with van der Waals surface area (Å²) in [6, 6.07) is 0. The van der Waals surface area contributed by atoms with E-state index >= 15 is 0 Å². The van der Waals surface area contributed by atoms with Crippen LogP contribution in [-0.2, 0) is 4.79 Å². The second kappa shape index (κ2) is 12.3. The third kappa shape index (κ3) is 7.95. The number of carbonyl (C=O) groups is 1. The van der Waals surface area contributed by atoms with Crippen molar-refractivity contribution in [2.45, 2.75) is 95.4 Å². The number of allylic oxidation sites excluding steroid dienone is 2. The smallest absolute Gasteiger partial charge is 0.303 e. The van der Waals surface area contributed by atoms with Crippen LogP contribution in [-0.4, -0.2) is 44.7 Å². The molecule has 0 radical (unpaired) electrons. The second-order valence-corrected chi connectivity index (χ2v) is 8.44. The summed E-state index contributed by atoms with van der Waals surface area (Å²) in [5.74, 6) is 5.40. The topological polar surface area (TPSA) is 98.0 Å². The van der Waals surface area contributed by atoms with Crippen molar-refractivity contribution in [1.82, 2.24) is 0 Å². The highest BCUT2D eigenvalue weighted by atomic mass is 16.4. The molecule has 28 heavy (non-hydrogen) atoms. The highest BCUT2D eigenvalue weighted by molar-refractivity contribution is 5.66. The Bertz CT molecular complexity index is 555. The number of aliphatic hydroxyl groups is 3. The van der Waals surface area contributed by atoms with Gasteiger partial charge in [0.1, 0.15) is 6.10 Å². The van der Waals surface area contributed by atoms with Crippen molar-refractivity contribution in [3.8, 4) is 11.8 Å². The van der Waals surface area contributed by atoms with Gasteiger partial charge in [0.2, 0.25) is 0 Å². The van der Waals surface area contributed by atoms with Crippen LogP contribution < -0.4 is 0 Å². The zero-order valence-electron chi connectivity index (χ0n) is 16.8. The lowest BCUT2D eigenvalue weighted by molar-refractivity contribution is -0.137. The first-order valence-corrected chi connectivity index (χ1v) is 10.9. The molecule has 0 aromatic heterocycles. The van der Waals surface area contributed by atoms with E-state index in [1.807, 2.05) is 12.2 Å². The molecule has 0 bridgehead atoms. The molecule has 0 aliphatic heterocycles. The summed E-state index contributed by atoms with van der Waals surface area (Å²) in [5, 5.41) is 39.3. The Morgan fingerprint density at radius 1 is 1.11 bits per heavy atom. The standard InChI is InChI=1S/C23H36O5/c24-18(13-12-17-8-4-3-5-9-17)14-15-20-19(21(25)16-22(20)26)10-6-1-2-7-11-23(27)28/h1,6,17-22,24-26H,2-5,7-13,16H2,(H,27,28)/b6-1-. The van der Waals surface area contributed by atoms with Crippen LogP contribution in [0, 0.1) is 29.6 Å². The molecule has 0 aromatic carbocycles. The summed E-state index contributed by atoms with van der Waals surface area (Å²) in [6.45, 7) is 0. The molecule has 0 saturated heterocycles. The van der Waals surface area contributed by atoms with Crippen LogP contribution >= 0.6 is 0 Å². The molecule has 2 aliphatic rings. The first-order valence-electron chi connectivity index (χ1n) is 10.9. The molecule has 0 amide bonds. The Morgan fingerprint density at radius 2 is 1.86 bits per heavy atom. The maximum atomic E-state index is 10.5. The fraction of sp³-hybridized carbons (Fsp3) is 0.783. The zero-order valence-corrected chi connectivity index (χ0v) is 16.8. The van der Waals surface area contributed by atoms with Crippen LogP contribution in [0.2, 0.25) is 0 Å². The molecule has 4 N–H and O–H groups in total. The summed E-state index contributed by atoms with van der Waals surface area (Å²) in [6.07, 6.45) is 12.4. The van der Waals surface area contributed by atoms with E-state index in [9.17, 15) is 20.1 Å². The fourth-order valence-electron chi connectivity index (χ4n) is 4.48. The Hall–Kier alpha value is -1.35. The summed E-state index contributed by atoms with van der Waals surface area (Å²) in [5.41, 5.74) is 0. The molecule has 0 spiro atoms. The van der Waals surface area contributed by atoms with Crippen LogP contribution in [0.4, 0.5) is 0 Å². The predicted molar refractivity (Wildman–Crippen MR) is 108 cm³/mol. The summed E-state index contributed by atoms with van der Waals surface area (Å²) in [7, 11) is 0. The van der Waals surface area contributed by atoms with E-state index in [-0.39, 0.29) is 18.3 Å². The molecule has 0 aromatic rings. The molecule has 158 valence electrons. The van der Waals surface area contributed by atoms with Gasteiger partial charge in [-0.2, -0.15) is 0 Å². The van der Waals surface area contributed by atoms with Crippen molar-refractivity contribution in [1.29, 1.82) is 0 Å². The van der Waals surface area contributed by atoms with Crippen molar-refractivity contribution in [3.63, 3.8) is 0 Å². The average Bonchev–Trinajstić information content (AvgIpc) is 2.94. The van der Waals surface area contributed by atoms with Gasteiger partial charge in [-0.3, -0.25) is 4.79 Å². The minimum atomic E-state index is -0.792. The van der Waals surface area contributed by atoms with Gasteiger partial charge in [-0.1, -0.05) is 56.1 Å². The lowest BCUT2D eigenvalue weighted by Gasteiger charge is -2.21. The van der Waals surface area contributed by atoms with Crippen LogP contribution in [0.1, 0.15) is 77.0 Å². The third-order valence-electron chi connectivity index (χ3n) is 6.18. The monoisotopic (exact) mass is 392 g/mol. The molecular formula is C23H36O5. The third-order valence-corrected chi connectivity index (χ3v) is 6.18. The number of hydrogen-bond acceptors (Lipinski definition) is 4. The minimum Gasteiger partial charge on any atom is -0.481 e. The highest BCUT2D eigenvalue weighted by Gasteiger charge is 2.40. The van der Waals surface area contributed by atoms with Gasteiger partial charge in [0.05, 0.1) is 18.1 Å². The van der Waals surface area contributed by atoms with Gasteiger partial charge >= 0.3 is 5.97 Å². The van der Waals surface area contributed by atoms with E-state index in [0.29, 0.717) is 38.0 Å². The van der Waals surface area contributed by atoms with Crippen LogP contribution in [0.3, 0.4) is 0 Å². The fourth-order valence-corrected chi connectivity index (χ4v) is 4.48. The van der Waals surface area contributed by atoms with Crippen LogP contribution in [0.5, 0.6) is 0 Å². The number of unbranched alkanes of at least 4 members (excludes halogenated alkanes) is 1. The van der Waals surface area contributed by atoms with Gasteiger partial charge in [0.15, 0.2) is 0 Å². The maximum absolute atomic E-state index is 10.5. The molecule has 2 fully saturated rings. The predicted octanol–water partition coefficient (Wildman–Crippen LogP) is 3.27. The zero-order chi connectivity index (χ0) is 20.4. The Labute approximate surface area is 168 Å². The van der Waals surface area contributed by atoms with Crippen LogP contribution in [0.15, 0.2) is 12.2 Å². The normalized spacial score (nSPS) is 29.5. The molecule has 5 heteroatoms. The van der Waals surface area contributed by atoms with Gasteiger partial charge in [-0.25, -0.2) is 0 Å². The molecule has 2 aliphatic carbocycles. The number of carboxylic acids is 1.